The molecule has 1 saturated heterocycles. The van der Waals surface area contributed by atoms with Crippen LogP contribution >= 0.6 is 0 Å². The van der Waals surface area contributed by atoms with Gasteiger partial charge in [-0.2, -0.15) is 0 Å². The number of nitrogens with zero attached hydrogens (tertiary/aromatic N) is 1. The molecule has 0 bridgehead atoms. The largest absolute Gasteiger partial charge is 0.481 e. The fourth-order valence-corrected chi connectivity index (χ4v) is 2.22. The van der Waals surface area contributed by atoms with E-state index in [2.05, 4.69) is 37.9 Å². The molecule has 0 saturated carbocycles. The number of rotatable bonds is 3. The van der Waals surface area contributed by atoms with E-state index >= 15 is 0 Å². The predicted molar refractivity (Wildman–Crippen MR) is 60.0 cm³/mol. The minimum atomic E-state index is -0.728. The summed E-state index contributed by atoms with van der Waals surface area (Å²) in [5.41, 5.74) is 0.00262. The Bertz CT molecular complexity index is 239. The van der Waals surface area contributed by atoms with Gasteiger partial charge in [-0.15, -0.1) is 0 Å². The number of carboxylic acids is 1. The van der Waals surface area contributed by atoms with Crippen molar-refractivity contribution in [3.8, 4) is 0 Å². The third-order valence-electron chi connectivity index (χ3n) is 2.80. The van der Waals surface area contributed by atoms with Crippen LogP contribution in [-0.4, -0.2) is 46.7 Å². The van der Waals surface area contributed by atoms with Crippen LogP contribution in [0.5, 0.6) is 0 Å². The van der Waals surface area contributed by atoms with E-state index in [0.717, 1.165) is 13.1 Å². The molecule has 0 aromatic heterocycles. The molecule has 0 amide bonds. The molecule has 15 heavy (non-hydrogen) atoms. The molecule has 1 atom stereocenters. The highest BCUT2D eigenvalue weighted by Crippen LogP contribution is 2.17. The fraction of sp³-hybridized carbons (Fsp3) is 0.909. The van der Waals surface area contributed by atoms with E-state index in [4.69, 9.17) is 5.11 Å². The van der Waals surface area contributed by atoms with Gasteiger partial charge in [-0.25, -0.2) is 0 Å². The first-order valence-electron chi connectivity index (χ1n) is 5.54. The third kappa shape index (κ3) is 3.80. The Morgan fingerprint density at radius 2 is 2.20 bits per heavy atom. The minimum Gasteiger partial charge on any atom is -0.481 e. The van der Waals surface area contributed by atoms with Gasteiger partial charge in [0.05, 0.1) is 6.42 Å². The number of nitrogens with one attached hydrogen (secondary N) is 1. The highest BCUT2D eigenvalue weighted by atomic mass is 16.4. The SMILES string of the molecule is CC(C)N1CC(CC(=O)O)NC(C)(C)C1. The van der Waals surface area contributed by atoms with Gasteiger partial charge in [0.1, 0.15) is 0 Å². The van der Waals surface area contributed by atoms with Gasteiger partial charge in [-0.1, -0.05) is 0 Å². The zero-order valence-electron chi connectivity index (χ0n) is 10.1. The molecule has 0 aromatic carbocycles. The topological polar surface area (TPSA) is 52.6 Å². The Hall–Kier alpha value is -0.610. The van der Waals surface area contributed by atoms with Crippen LogP contribution in [0.1, 0.15) is 34.1 Å². The van der Waals surface area contributed by atoms with Crippen LogP contribution in [-0.2, 0) is 4.79 Å². The molecule has 0 spiro atoms. The maximum Gasteiger partial charge on any atom is 0.304 e. The lowest BCUT2D eigenvalue weighted by molar-refractivity contribution is -0.138. The molecule has 0 aromatic rings. The maximum atomic E-state index is 10.7. The van der Waals surface area contributed by atoms with Crippen LogP contribution < -0.4 is 5.32 Å². The Morgan fingerprint density at radius 1 is 1.60 bits per heavy atom. The predicted octanol–water partition coefficient (Wildman–Crippen LogP) is 0.922. The van der Waals surface area contributed by atoms with Gasteiger partial charge in [0.2, 0.25) is 0 Å². The molecule has 1 fully saturated rings. The molecule has 2 N–H and O–H groups in total. The lowest BCUT2D eigenvalue weighted by atomic mass is 9.96. The summed E-state index contributed by atoms with van der Waals surface area (Å²) in [4.78, 5) is 13.0. The summed E-state index contributed by atoms with van der Waals surface area (Å²) in [6.45, 7) is 10.3. The molecule has 1 rings (SSSR count). The molecule has 1 heterocycles. The summed E-state index contributed by atoms with van der Waals surface area (Å²) in [5, 5.41) is 12.2. The van der Waals surface area contributed by atoms with Crippen LogP contribution in [0.2, 0.25) is 0 Å². The van der Waals surface area contributed by atoms with Crippen molar-refractivity contribution in [3.63, 3.8) is 0 Å². The van der Waals surface area contributed by atoms with Gasteiger partial charge in [0, 0.05) is 30.7 Å². The number of carbonyl (C=O) groups is 1. The normalized spacial score (nSPS) is 26.9. The van der Waals surface area contributed by atoms with Crippen LogP contribution in [0.15, 0.2) is 0 Å². The Kier molecular flexibility index (Phi) is 3.73. The second kappa shape index (κ2) is 4.49. The van der Waals surface area contributed by atoms with Gasteiger partial charge >= 0.3 is 5.97 Å². The number of hydrogen-bond acceptors (Lipinski definition) is 3. The van der Waals surface area contributed by atoms with Crippen molar-refractivity contribution in [3.05, 3.63) is 0 Å². The van der Waals surface area contributed by atoms with E-state index in [1.807, 2.05) is 0 Å². The zero-order valence-corrected chi connectivity index (χ0v) is 10.1. The average Bonchev–Trinajstić information content (AvgIpc) is 1.98. The molecule has 1 aliphatic rings. The lowest BCUT2D eigenvalue weighted by Gasteiger charge is -2.45. The zero-order chi connectivity index (χ0) is 11.6. The van der Waals surface area contributed by atoms with E-state index < -0.39 is 5.97 Å². The van der Waals surface area contributed by atoms with E-state index in [1.54, 1.807) is 0 Å². The van der Waals surface area contributed by atoms with E-state index in [0.29, 0.717) is 6.04 Å². The first-order chi connectivity index (χ1) is 6.80. The Labute approximate surface area is 91.6 Å². The highest BCUT2D eigenvalue weighted by molar-refractivity contribution is 5.67. The van der Waals surface area contributed by atoms with E-state index in [9.17, 15) is 4.79 Å². The van der Waals surface area contributed by atoms with Crippen LogP contribution in [0, 0.1) is 0 Å². The standard InChI is InChI=1S/C11H22N2O2/c1-8(2)13-6-9(5-10(14)15)12-11(3,4)7-13/h8-9,12H,5-7H2,1-4H3,(H,14,15). The quantitative estimate of drug-likeness (QED) is 0.733. The molecule has 4 nitrogen and oxygen atoms in total. The van der Waals surface area contributed by atoms with Crippen molar-refractivity contribution in [2.45, 2.75) is 51.7 Å². The second-order valence-corrected chi connectivity index (χ2v) is 5.35. The first kappa shape index (κ1) is 12.5. The van der Waals surface area contributed by atoms with E-state index in [1.165, 1.54) is 0 Å². The van der Waals surface area contributed by atoms with Gasteiger partial charge < -0.3 is 10.4 Å². The van der Waals surface area contributed by atoms with Gasteiger partial charge in [-0.3, -0.25) is 9.69 Å². The summed E-state index contributed by atoms with van der Waals surface area (Å²) in [6.07, 6.45) is 0.201. The molecule has 1 unspecified atom stereocenters. The number of carboxylic acid groups (broad SMARTS) is 1. The molecular weight excluding hydrogens is 192 g/mol. The van der Waals surface area contributed by atoms with Crippen molar-refractivity contribution in [2.24, 2.45) is 0 Å². The summed E-state index contributed by atoms with van der Waals surface area (Å²) in [7, 11) is 0. The average molecular weight is 214 g/mol. The second-order valence-electron chi connectivity index (χ2n) is 5.35. The molecule has 4 heteroatoms. The Balaban J connectivity index is 2.63. The van der Waals surface area contributed by atoms with Crippen LogP contribution in [0.3, 0.4) is 0 Å². The van der Waals surface area contributed by atoms with Crippen molar-refractivity contribution in [1.29, 1.82) is 0 Å². The number of hydrogen-bond donors (Lipinski definition) is 2. The minimum absolute atomic E-state index is 0.00262. The van der Waals surface area contributed by atoms with Crippen LogP contribution in [0.4, 0.5) is 0 Å². The van der Waals surface area contributed by atoms with E-state index in [-0.39, 0.29) is 18.0 Å². The Morgan fingerprint density at radius 3 is 2.67 bits per heavy atom. The molecule has 0 aliphatic carbocycles. The molecule has 88 valence electrons. The maximum absolute atomic E-state index is 10.7. The summed E-state index contributed by atoms with van der Waals surface area (Å²) in [6, 6.07) is 0.538. The monoisotopic (exact) mass is 214 g/mol. The van der Waals surface area contributed by atoms with Gasteiger partial charge in [0.25, 0.3) is 0 Å². The molecule has 1 aliphatic heterocycles. The summed E-state index contributed by atoms with van der Waals surface area (Å²) >= 11 is 0. The van der Waals surface area contributed by atoms with Gasteiger partial charge in [-0.05, 0) is 27.7 Å². The molecular formula is C11H22N2O2. The third-order valence-corrected chi connectivity index (χ3v) is 2.80. The highest BCUT2D eigenvalue weighted by Gasteiger charge is 2.33. The first-order valence-corrected chi connectivity index (χ1v) is 5.54. The summed E-state index contributed by atoms with van der Waals surface area (Å²) < 4.78 is 0. The number of aliphatic carboxylic acids is 1. The summed E-state index contributed by atoms with van der Waals surface area (Å²) in [5.74, 6) is -0.728. The number of piperazine rings is 1. The van der Waals surface area contributed by atoms with Crippen molar-refractivity contribution >= 4 is 5.97 Å². The molecule has 0 radical (unpaired) electrons. The van der Waals surface area contributed by atoms with Crippen molar-refractivity contribution in [1.82, 2.24) is 10.2 Å². The van der Waals surface area contributed by atoms with Crippen molar-refractivity contribution < 1.29 is 9.90 Å². The van der Waals surface area contributed by atoms with Crippen LogP contribution in [0.25, 0.3) is 0 Å². The smallest absolute Gasteiger partial charge is 0.304 e. The fourth-order valence-electron chi connectivity index (χ4n) is 2.22. The van der Waals surface area contributed by atoms with Gasteiger partial charge in [0.15, 0.2) is 0 Å². The van der Waals surface area contributed by atoms with Crippen molar-refractivity contribution in [2.75, 3.05) is 13.1 Å². The lowest BCUT2D eigenvalue weighted by Crippen LogP contribution is -2.63.